The highest BCUT2D eigenvalue weighted by Crippen LogP contribution is 2.38. The standard InChI is InChI=1S/C20H22BrN3/c21-16-7-5-15(6-8-16)20(11-13-22-14-12-20)10-9-19-23-17-3-1-2-4-18(17)24-19/h1-8,22H,9-14H2,(H,23,24). The second kappa shape index (κ2) is 6.69. The number of nitrogens with zero attached hydrogens (tertiary/aromatic N) is 1. The molecule has 0 bridgehead atoms. The number of nitrogens with one attached hydrogen (secondary N) is 2. The van der Waals surface area contributed by atoms with E-state index in [2.05, 4.69) is 68.7 Å². The molecule has 0 unspecified atom stereocenters. The van der Waals surface area contributed by atoms with Gasteiger partial charge in [0.05, 0.1) is 11.0 Å². The van der Waals surface area contributed by atoms with Gasteiger partial charge >= 0.3 is 0 Å². The number of piperidine rings is 1. The van der Waals surface area contributed by atoms with Gasteiger partial charge in [-0.1, -0.05) is 40.2 Å². The smallest absolute Gasteiger partial charge is 0.107 e. The maximum absolute atomic E-state index is 4.76. The van der Waals surface area contributed by atoms with Crippen LogP contribution in [-0.4, -0.2) is 23.1 Å². The van der Waals surface area contributed by atoms with Crippen LogP contribution < -0.4 is 5.32 Å². The molecule has 2 N–H and O–H groups in total. The summed E-state index contributed by atoms with van der Waals surface area (Å²) in [7, 11) is 0. The van der Waals surface area contributed by atoms with Gasteiger partial charge in [-0.2, -0.15) is 0 Å². The van der Waals surface area contributed by atoms with Gasteiger partial charge in [-0.3, -0.25) is 0 Å². The summed E-state index contributed by atoms with van der Waals surface area (Å²) in [6.45, 7) is 2.19. The fraction of sp³-hybridized carbons (Fsp3) is 0.350. The molecule has 4 rings (SSSR count). The Morgan fingerprint density at radius 2 is 1.75 bits per heavy atom. The van der Waals surface area contributed by atoms with Crippen molar-refractivity contribution in [2.24, 2.45) is 0 Å². The van der Waals surface area contributed by atoms with Crippen LogP contribution in [0.3, 0.4) is 0 Å². The highest BCUT2D eigenvalue weighted by Gasteiger charge is 2.33. The molecule has 1 aliphatic rings. The Bertz CT molecular complexity index is 783. The van der Waals surface area contributed by atoms with Gasteiger partial charge in [0.2, 0.25) is 0 Å². The number of rotatable bonds is 4. The van der Waals surface area contributed by atoms with Gasteiger partial charge in [0, 0.05) is 10.9 Å². The third-order valence-corrected chi connectivity index (χ3v) is 5.82. The Hall–Kier alpha value is -1.65. The second-order valence-corrected chi connectivity index (χ2v) is 7.65. The summed E-state index contributed by atoms with van der Waals surface area (Å²) >= 11 is 3.56. The number of imidazole rings is 1. The maximum Gasteiger partial charge on any atom is 0.107 e. The summed E-state index contributed by atoms with van der Waals surface area (Å²) in [6.07, 6.45) is 4.50. The van der Waals surface area contributed by atoms with E-state index in [4.69, 9.17) is 4.98 Å². The van der Waals surface area contributed by atoms with Crippen molar-refractivity contribution >= 4 is 27.0 Å². The second-order valence-electron chi connectivity index (χ2n) is 6.74. The fourth-order valence-corrected chi connectivity index (χ4v) is 4.14. The molecule has 4 heteroatoms. The minimum Gasteiger partial charge on any atom is -0.342 e. The lowest BCUT2D eigenvalue weighted by Gasteiger charge is -2.38. The third kappa shape index (κ3) is 3.13. The number of benzene rings is 2. The minimum absolute atomic E-state index is 0.255. The quantitative estimate of drug-likeness (QED) is 0.691. The van der Waals surface area contributed by atoms with Crippen molar-refractivity contribution in [1.82, 2.24) is 15.3 Å². The lowest BCUT2D eigenvalue weighted by molar-refractivity contribution is 0.286. The van der Waals surface area contributed by atoms with E-state index in [1.165, 1.54) is 18.4 Å². The van der Waals surface area contributed by atoms with E-state index >= 15 is 0 Å². The molecule has 24 heavy (non-hydrogen) atoms. The van der Waals surface area contributed by atoms with Gasteiger partial charge in [-0.25, -0.2) is 4.98 Å². The number of H-pyrrole nitrogens is 1. The molecule has 0 aliphatic carbocycles. The Morgan fingerprint density at radius 3 is 2.50 bits per heavy atom. The number of aromatic amines is 1. The van der Waals surface area contributed by atoms with Gasteiger partial charge in [0.15, 0.2) is 0 Å². The first-order valence-electron chi connectivity index (χ1n) is 8.66. The van der Waals surface area contributed by atoms with Crippen LogP contribution in [0.25, 0.3) is 11.0 Å². The molecule has 1 saturated heterocycles. The lowest BCUT2D eigenvalue weighted by atomic mass is 9.70. The number of hydrogen-bond acceptors (Lipinski definition) is 2. The molecular weight excluding hydrogens is 362 g/mol. The molecule has 1 fully saturated rings. The molecule has 0 radical (unpaired) electrons. The van der Waals surface area contributed by atoms with E-state index in [-0.39, 0.29) is 5.41 Å². The highest BCUT2D eigenvalue weighted by atomic mass is 79.9. The summed E-state index contributed by atoms with van der Waals surface area (Å²) in [6, 6.07) is 17.2. The molecule has 0 atom stereocenters. The zero-order valence-corrected chi connectivity index (χ0v) is 15.3. The molecule has 3 nitrogen and oxygen atoms in total. The van der Waals surface area contributed by atoms with Crippen molar-refractivity contribution in [2.75, 3.05) is 13.1 Å². The molecule has 1 aromatic heterocycles. The Balaban J connectivity index is 1.58. The minimum atomic E-state index is 0.255. The molecule has 0 amide bonds. The zero-order chi connectivity index (χ0) is 16.4. The topological polar surface area (TPSA) is 40.7 Å². The Kier molecular flexibility index (Phi) is 4.42. The molecule has 0 saturated carbocycles. The molecule has 1 aliphatic heterocycles. The van der Waals surface area contributed by atoms with E-state index in [1.54, 1.807) is 0 Å². The number of aryl methyl sites for hydroxylation is 1. The van der Waals surface area contributed by atoms with E-state index in [1.807, 2.05) is 6.07 Å². The predicted octanol–water partition coefficient (Wildman–Crippen LogP) is 4.58. The normalized spacial score (nSPS) is 17.2. The largest absolute Gasteiger partial charge is 0.342 e. The van der Waals surface area contributed by atoms with Gasteiger partial charge < -0.3 is 10.3 Å². The summed E-state index contributed by atoms with van der Waals surface area (Å²) in [4.78, 5) is 8.24. The van der Waals surface area contributed by atoms with Crippen LogP contribution in [0.4, 0.5) is 0 Å². The van der Waals surface area contributed by atoms with Gasteiger partial charge in [0.25, 0.3) is 0 Å². The highest BCUT2D eigenvalue weighted by molar-refractivity contribution is 9.10. The number of hydrogen-bond donors (Lipinski definition) is 2. The van der Waals surface area contributed by atoms with Crippen LogP contribution in [0.15, 0.2) is 53.0 Å². The average Bonchev–Trinajstić information content (AvgIpc) is 3.04. The number of para-hydroxylation sites is 2. The predicted molar refractivity (Wildman–Crippen MR) is 102 cm³/mol. The van der Waals surface area contributed by atoms with Crippen molar-refractivity contribution in [3.63, 3.8) is 0 Å². The monoisotopic (exact) mass is 383 g/mol. The van der Waals surface area contributed by atoms with Crippen LogP contribution in [0.1, 0.15) is 30.7 Å². The first-order valence-corrected chi connectivity index (χ1v) is 9.45. The van der Waals surface area contributed by atoms with Crippen LogP contribution >= 0.6 is 15.9 Å². The first-order chi connectivity index (χ1) is 11.8. The number of fused-ring (bicyclic) bond motifs is 1. The van der Waals surface area contributed by atoms with Crippen LogP contribution in [0, 0.1) is 0 Å². The van der Waals surface area contributed by atoms with Crippen LogP contribution in [0.2, 0.25) is 0 Å². The molecule has 0 spiro atoms. The summed E-state index contributed by atoms with van der Waals surface area (Å²) in [5.74, 6) is 1.10. The van der Waals surface area contributed by atoms with E-state index < -0.39 is 0 Å². The summed E-state index contributed by atoms with van der Waals surface area (Å²) in [5, 5.41) is 3.51. The van der Waals surface area contributed by atoms with Gasteiger partial charge in [-0.05, 0) is 67.6 Å². The van der Waals surface area contributed by atoms with Crippen molar-refractivity contribution in [2.45, 2.75) is 31.1 Å². The van der Waals surface area contributed by atoms with Gasteiger partial charge in [-0.15, -0.1) is 0 Å². The maximum atomic E-state index is 4.76. The van der Waals surface area contributed by atoms with Crippen molar-refractivity contribution in [3.05, 3.63) is 64.4 Å². The van der Waals surface area contributed by atoms with E-state index in [0.717, 1.165) is 47.3 Å². The van der Waals surface area contributed by atoms with Crippen LogP contribution in [0.5, 0.6) is 0 Å². The van der Waals surface area contributed by atoms with E-state index in [0.29, 0.717) is 0 Å². The van der Waals surface area contributed by atoms with E-state index in [9.17, 15) is 0 Å². The molecular formula is C20H22BrN3. The Labute approximate surface area is 151 Å². The van der Waals surface area contributed by atoms with Crippen molar-refractivity contribution < 1.29 is 0 Å². The van der Waals surface area contributed by atoms with Gasteiger partial charge in [0.1, 0.15) is 5.82 Å². The van der Waals surface area contributed by atoms with Crippen LogP contribution in [-0.2, 0) is 11.8 Å². The summed E-state index contributed by atoms with van der Waals surface area (Å²) < 4.78 is 1.15. The summed E-state index contributed by atoms with van der Waals surface area (Å²) in [5.41, 5.74) is 3.92. The molecule has 124 valence electrons. The number of aromatic nitrogens is 2. The number of halogens is 1. The fourth-order valence-electron chi connectivity index (χ4n) is 3.87. The first kappa shape index (κ1) is 15.9. The van der Waals surface area contributed by atoms with Crippen molar-refractivity contribution in [1.29, 1.82) is 0 Å². The average molecular weight is 384 g/mol. The molecule has 2 heterocycles. The molecule has 3 aromatic rings. The zero-order valence-electron chi connectivity index (χ0n) is 13.7. The van der Waals surface area contributed by atoms with Crippen molar-refractivity contribution in [3.8, 4) is 0 Å². The SMILES string of the molecule is Brc1ccc(C2(CCc3nc4ccccc4[nH]3)CCNCC2)cc1. The third-order valence-electron chi connectivity index (χ3n) is 5.30. The lowest BCUT2D eigenvalue weighted by Crippen LogP contribution is -2.40. The Morgan fingerprint density at radius 1 is 1.00 bits per heavy atom. The molecule has 2 aromatic carbocycles.